The number of allylic oxidation sites excluding steroid dienone is 1. The first-order valence-electron chi connectivity index (χ1n) is 10.9. The molecule has 1 aliphatic rings. The van der Waals surface area contributed by atoms with Crippen LogP contribution in [0.25, 0.3) is 11.0 Å². The highest BCUT2D eigenvalue weighted by atomic mass is 32.1. The van der Waals surface area contributed by atoms with Gasteiger partial charge < -0.3 is 24.3 Å². The van der Waals surface area contributed by atoms with Gasteiger partial charge in [-0.05, 0) is 39.2 Å². The Bertz CT molecular complexity index is 1120. The molecule has 0 unspecified atom stereocenters. The third-order valence-electron chi connectivity index (χ3n) is 5.69. The molecule has 0 radical (unpaired) electrons. The van der Waals surface area contributed by atoms with Crippen molar-refractivity contribution in [2.45, 2.75) is 45.6 Å². The number of hydrogen-bond donors (Lipinski definition) is 3. The molecule has 8 nitrogen and oxygen atoms in total. The van der Waals surface area contributed by atoms with Crippen LogP contribution in [0.2, 0.25) is 0 Å². The van der Waals surface area contributed by atoms with Crippen molar-refractivity contribution >= 4 is 35.7 Å². The van der Waals surface area contributed by atoms with Crippen LogP contribution >= 0.6 is 12.6 Å². The minimum Gasteiger partial charge on any atom is -0.487 e. The number of thiol groups is 1. The van der Waals surface area contributed by atoms with Gasteiger partial charge in [0.25, 0.3) is 5.91 Å². The molecule has 9 heteroatoms. The van der Waals surface area contributed by atoms with E-state index in [1.54, 1.807) is 25.3 Å². The molecule has 1 fully saturated rings. The van der Waals surface area contributed by atoms with Crippen molar-refractivity contribution in [1.29, 1.82) is 5.26 Å². The van der Waals surface area contributed by atoms with E-state index < -0.39 is 5.54 Å². The van der Waals surface area contributed by atoms with Gasteiger partial charge in [0.15, 0.2) is 0 Å². The average Bonchev–Trinajstić information content (AvgIpc) is 3.15. The predicted molar refractivity (Wildman–Crippen MR) is 129 cm³/mol. The van der Waals surface area contributed by atoms with E-state index in [4.69, 9.17) is 13.9 Å². The van der Waals surface area contributed by atoms with E-state index in [2.05, 4.69) is 29.0 Å². The molecule has 3 rings (SSSR count). The molecule has 2 aromatic rings. The van der Waals surface area contributed by atoms with Crippen LogP contribution in [-0.2, 0) is 4.74 Å². The highest BCUT2D eigenvalue weighted by molar-refractivity contribution is 7.84. The number of furan rings is 1. The molecule has 0 aliphatic carbocycles. The predicted octanol–water partition coefficient (Wildman–Crippen LogP) is 3.91. The lowest BCUT2D eigenvalue weighted by atomic mass is 9.90. The summed E-state index contributed by atoms with van der Waals surface area (Å²) in [5.74, 6) is 0.391. The number of nitriles is 1. The first-order chi connectivity index (χ1) is 15.8. The Labute approximate surface area is 198 Å². The topological polar surface area (TPSA) is 117 Å². The van der Waals surface area contributed by atoms with Gasteiger partial charge in [0.05, 0.1) is 23.3 Å². The second-order valence-electron chi connectivity index (χ2n) is 8.04. The van der Waals surface area contributed by atoms with E-state index in [-0.39, 0.29) is 24.7 Å². The van der Waals surface area contributed by atoms with Gasteiger partial charge in [-0.15, -0.1) is 12.6 Å². The van der Waals surface area contributed by atoms with Crippen molar-refractivity contribution in [2.24, 2.45) is 4.99 Å². The van der Waals surface area contributed by atoms with Crippen LogP contribution in [0.5, 0.6) is 5.75 Å². The Morgan fingerprint density at radius 2 is 2.15 bits per heavy atom. The van der Waals surface area contributed by atoms with E-state index in [9.17, 15) is 15.2 Å². The number of amides is 1. The van der Waals surface area contributed by atoms with Crippen LogP contribution in [0.3, 0.4) is 0 Å². The second kappa shape index (κ2) is 10.9. The summed E-state index contributed by atoms with van der Waals surface area (Å²) in [6, 6.07) is 5.31. The number of aryl methyl sites for hydroxylation is 1. The summed E-state index contributed by atoms with van der Waals surface area (Å²) in [6.45, 7) is 6.41. The molecule has 0 bridgehead atoms. The number of aliphatic hydroxyl groups excluding tert-OH is 1. The number of benzene rings is 1. The maximum Gasteiger partial charge on any atom is 0.255 e. The Kier molecular flexibility index (Phi) is 8.19. The maximum atomic E-state index is 13.2. The number of ether oxygens (including phenoxy) is 2. The van der Waals surface area contributed by atoms with Gasteiger partial charge >= 0.3 is 0 Å². The van der Waals surface area contributed by atoms with Crippen LogP contribution in [0.15, 0.2) is 32.1 Å². The first kappa shape index (κ1) is 24.8. The third kappa shape index (κ3) is 5.58. The number of aliphatic hydroxyl groups is 1. The fourth-order valence-electron chi connectivity index (χ4n) is 3.68. The van der Waals surface area contributed by atoms with Gasteiger partial charge in [0, 0.05) is 41.5 Å². The standard InChI is InChI=1S/C24H29N3O5S/c1-4-7-26-15(2)21(33)13-31-19-11-18-20(10-17(19)12-25)32-16(3)22(18)23(29)27-24(14-28)5-8-30-9-6-24/h7,10-11,28,33H,4-6,8-9,13-14H2,1-3H3,(H,27,29)/b21-15-,26-7?. The van der Waals surface area contributed by atoms with Crippen LogP contribution in [0.1, 0.15) is 54.8 Å². The monoisotopic (exact) mass is 471 g/mol. The minimum atomic E-state index is -0.737. The molecule has 1 aromatic heterocycles. The van der Waals surface area contributed by atoms with Gasteiger partial charge in [-0.2, -0.15) is 5.26 Å². The van der Waals surface area contributed by atoms with Crippen LogP contribution in [0, 0.1) is 18.3 Å². The van der Waals surface area contributed by atoms with Gasteiger partial charge in [0.1, 0.15) is 29.8 Å². The summed E-state index contributed by atoms with van der Waals surface area (Å²) in [5, 5.41) is 23.0. The summed E-state index contributed by atoms with van der Waals surface area (Å²) in [5.41, 5.74) is 1.04. The Balaban J connectivity index is 1.93. The van der Waals surface area contributed by atoms with E-state index in [0.717, 1.165) is 12.1 Å². The molecule has 2 N–H and O–H groups in total. The summed E-state index contributed by atoms with van der Waals surface area (Å²) >= 11 is 4.46. The molecule has 33 heavy (non-hydrogen) atoms. The molecule has 1 aliphatic heterocycles. The van der Waals surface area contributed by atoms with E-state index >= 15 is 0 Å². The Hall–Kier alpha value is -2.80. The lowest BCUT2D eigenvalue weighted by Gasteiger charge is -2.36. The van der Waals surface area contributed by atoms with E-state index in [0.29, 0.717) is 59.0 Å². The number of nitrogens with zero attached hydrogens (tertiary/aromatic N) is 2. The van der Waals surface area contributed by atoms with E-state index in [1.807, 2.05) is 13.8 Å². The van der Waals surface area contributed by atoms with Crippen molar-refractivity contribution < 1.29 is 23.8 Å². The van der Waals surface area contributed by atoms with Crippen molar-refractivity contribution in [3.8, 4) is 11.8 Å². The van der Waals surface area contributed by atoms with Gasteiger partial charge in [-0.25, -0.2) is 0 Å². The molecular formula is C24H29N3O5S. The third-order valence-corrected chi connectivity index (χ3v) is 6.15. The number of fused-ring (bicyclic) bond motifs is 1. The number of aliphatic imine (C=N–C) groups is 1. The quantitative estimate of drug-likeness (QED) is 0.397. The molecule has 1 amide bonds. The Morgan fingerprint density at radius 3 is 2.79 bits per heavy atom. The fourth-order valence-corrected chi connectivity index (χ4v) is 3.80. The van der Waals surface area contributed by atoms with Crippen LogP contribution in [0.4, 0.5) is 0 Å². The normalized spacial score (nSPS) is 16.5. The number of hydrogen-bond acceptors (Lipinski definition) is 8. The summed E-state index contributed by atoms with van der Waals surface area (Å²) in [4.78, 5) is 18.2. The van der Waals surface area contributed by atoms with Gasteiger partial charge in [0.2, 0.25) is 0 Å². The maximum absolute atomic E-state index is 13.2. The zero-order chi connectivity index (χ0) is 24.0. The number of carbonyl (C=O) groups excluding carboxylic acids is 1. The zero-order valence-electron chi connectivity index (χ0n) is 19.1. The van der Waals surface area contributed by atoms with Crippen LogP contribution in [-0.4, -0.2) is 49.2 Å². The highest BCUT2D eigenvalue weighted by Gasteiger charge is 2.35. The summed E-state index contributed by atoms with van der Waals surface area (Å²) in [6.07, 6.45) is 3.64. The number of nitrogens with one attached hydrogen (secondary N) is 1. The largest absolute Gasteiger partial charge is 0.487 e. The molecular weight excluding hydrogens is 442 g/mol. The van der Waals surface area contributed by atoms with Crippen molar-refractivity contribution in [3.05, 3.63) is 39.6 Å². The molecule has 0 spiro atoms. The van der Waals surface area contributed by atoms with Crippen molar-refractivity contribution in [1.82, 2.24) is 5.32 Å². The van der Waals surface area contributed by atoms with Crippen molar-refractivity contribution in [2.75, 3.05) is 26.4 Å². The number of carbonyl (C=O) groups is 1. The molecule has 0 atom stereocenters. The second-order valence-corrected chi connectivity index (χ2v) is 8.58. The first-order valence-corrected chi connectivity index (χ1v) is 11.3. The molecule has 1 aromatic carbocycles. The Morgan fingerprint density at radius 1 is 1.42 bits per heavy atom. The summed E-state index contributed by atoms with van der Waals surface area (Å²) < 4.78 is 17.0. The SMILES string of the molecule is CCC=N/C(C)=C(\S)COc1cc2c(C(=O)NC3(CO)CCOCC3)c(C)oc2cc1C#N. The lowest BCUT2D eigenvalue weighted by molar-refractivity contribution is 0.0125. The van der Waals surface area contributed by atoms with Gasteiger partial charge in [-0.3, -0.25) is 9.79 Å². The molecule has 0 saturated carbocycles. The lowest BCUT2D eigenvalue weighted by Crippen LogP contribution is -2.54. The zero-order valence-corrected chi connectivity index (χ0v) is 20.0. The highest BCUT2D eigenvalue weighted by Crippen LogP contribution is 2.33. The minimum absolute atomic E-state index is 0.127. The smallest absolute Gasteiger partial charge is 0.255 e. The average molecular weight is 472 g/mol. The van der Waals surface area contributed by atoms with Gasteiger partial charge in [-0.1, -0.05) is 6.92 Å². The fraction of sp³-hybridized carbons (Fsp3) is 0.458. The van der Waals surface area contributed by atoms with Crippen LogP contribution < -0.4 is 10.1 Å². The molecule has 2 heterocycles. The van der Waals surface area contributed by atoms with Crippen molar-refractivity contribution in [3.63, 3.8) is 0 Å². The summed E-state index contributed by atoms with van der Waals surface area (Å²) in [7, 11) is 0. The van der Waals surface area contributed by atoms with E-state index in [1.165, 1.54) is 0 Å². The number of rotatable bonds is 8. The molecule has 1 saturated heterocycles. The molecule has 176 valence electrons.